The van der Waals surface area contributed by atoms with Crippen LogP contribution in [0, 0.1) is 5.92 Å². The molecule has 0 fully saturated rings. The van der Waals surface area contributed by atoms with Gasteiger partial charge in [0.05, 0.1) is 5.92 Å². The van der Waals surface area contributed by atoms with Crippen LogP contribution in [-0.4, -0.2) is 12.5 Å². The minimum atomic E-state index is -0.0604. The molecule has 0 aromatic carbocycles. The van der Waals surface area contributed by atoms with E-state index in [0.29, 0.717) is 6.54 Å². The molecule has 0 aliphatic heterocycles. The number of nitrogens with one attached hydrogen (secondary N) is 1. The quantitative estimate of drug-likeness (QED) is 0.493. The van der Waals surface area contributed by atoms with Crippen molar-refractivity contribution in [3.8, 4) is 0 Å². The lowest BCUT2D eigenvalue weighted by molar-refractivity contribution is -0.122. The van der Waals surface area contributed by atoms with Gasteiger partial charge in [0.25, 0.3) is 0 Å². The average Bonchev–Trinajstić information content (AvgIpc) is 2.56. The number of hydrogen-bond donors (Lipinski definition) is 1. The summed E-state index contributed by atoms with van der Waals surface area (Å²) < 4.78 is 0. The summed E-state index contributed by atoms with van der Waals surface area (Å²) in [5.41, 5.74) is 0. The number of hydrogen-bond acceptors (Lipinski definition) is 1. The first-order chi connectivity index (χ1) is 5.84. The maximum absolute atomic E-state index is 11.3. The monoisotopic (exact) mass is 163 g/mol. The molecule has 12 heavy (non-hydrogen) atoms. The van der Waals surface area contributed by atoms with Crippen LogP contribution in [0.3, 0.4) is 0 Å². The van der Waals surface area contributed by atoms with Gasteiger partial charge in [0.2, 0.25) is 5.91 Å². The molecule has 0 heterocycles. The van der Waals surface area contributed by atoms with Gasteiger partial charge in [-0.3, -0.25) is 4.79 Å². The predicted octanol–water partition coefficient (Wildman–Crippen LogP) is 1.42. The van der Waals surface area contributed by atoms with E-state index in [9.17, 15) is 4.79 Å². The van der Waals surface area contributed by atoms with Crippen molar-refractivity contribution in [2.45, 2.75) is 6.42 Å². The molecule has 1 amide bonds. The first-order valence-corrected chi connectivity index (χ1v) is 4.08. The lowest BCUT2D eigenvalue weighted by atomic mass is 10.1. The third-order valence-electron chi connectivity index (χ3n) is 1.70. The van der Waals surface area contributed by atoms with E-state index in [1.165, 1.54) is 0 Å². The Labute approximate surface area is 72.7 Å². The molecule has 1 N–H and O–H groups in total. The Hall–Kier alpha value is -1.31. The van der Waals surface area contributed by atoms with Gasteiger partial charge in [-0.05, 0) is 6.42 Å². The Bertz CT molecular complexity index is 216. The Kier molecular flexibility index (Phi) is 3.33. The second-order valence-electron chi connectivity index (χ2n) is 2.66. The summed E-state index contributed by atoms with van der Waals surface area (Å²) in [6.07, 6.45) is 10.1. The second-order valence-corrected chi connectivity index (χ2v) is 2.66. The van der Waals surface area contributed by atoms with Gasteiger partial charge in [-0.2, -0.15) is 0 Å². The van der Waals surface area contributed by atoms with E-state index >= 15 is 0 Å². The molecular formula is C10H13NO. The highest BCUT2D eigenvalue weighted by Gasteiger charge is 2.12. The molecule has 64 valence electrons. The van der Waals surface area contributed by atoms with Crippen molar-refractivity contribution in [3.05, 3.63) is 37.0 Å². The molecule has 0 radical (unpaired) electrons. The zero-order valence-electron chi connectivity index (χ0n) is 6.99. The van der Waals surface area contributed by atoms with Crippen LogP contribution < -0.4 is 5.32 Å². The molecule has 0 aromatic heterocycles. The fourth-order valence-electron chi connectivity index (χ4n) is 1.02. The number of rotatable bonds is 4. The average molecular weight is 163 g/mol. The standard InChI is InChI=1S/C10H13NO/c1-2-3-8-11-10(12)9-6-4-5-7-9/h2,4-7,9H,1,3,8H2,(H,11,12). The fraction of sp³-hybridized carbons (Fsp3) is 0.300. The van der Waals surface area contributed by atoms with Crippen molar-refractivity contribution in [1.82, 2.24) is 5.32 Å². The van der Waals surface area contributed by atoms with Gasteiger partial charge in [-0.25, -0.2) is 0 Å². The van der Waals surface area contributed by atoms with Crippen LogP contribution in [0.5, 0.6) is 0 Å². The topological polar surface area (TPSA) is 29.1 Å². The smallest absolute Gasteiger partial charge is 0.230 e. The zero-order valence-corrected chi connectivity index (χ0v) is 6.99. The lowest BCUT2D eigenvalue weighted by Crippen LogP contribution is -2.28. The summed E-state index contributed by atoms with van der Waals surface area (Å²) in [6.45, 7) is 4.26. The van der Waals surface area contributed by atoms with E-state index in [1.807, 2.05) is 24.3 Å². The van der Waals surface area contributed by atoms with E-state index in [0.717, 1.165) is 6.42 Å². The maximum Gasteiger partial charge on any atom is 0.230 e. The van der Waals surface area contributed by atoms with E-state index < -0.39 is 0 Å². The third-order valence-corrected chi connectivity index (χ3v) is 1.70. The molecular weight excluding hydrogens is 150 g/mol. The van der Waals surface area contributed by atoms with Crippen LogP contribution in [-0.2, 0) is 4.79 Å². The van der Waals surface area contributed by atoms with Gasteiger partial charge >= 0.3 is 0 Å². The molecule has 0 spiro atoms. The molecule has 0 bridgehead atoms. The van der Waals surface area contributed by atoms with E-state index in [-0.39, 0.29) is 11.8 Å². The Morgan fingerprint density at radius 1 is 1.50 bits per heavy atom. The fourth-order valence-corrected chi connectivity index (χ4v) is 1.02. The van der Waals surface area contributed by atoms with Crippen LogP contribution in [0.2, 0.25) is 0 Å². The van der Waals surface area contributed by atoms with Crippen LogP contribution in [0.25, 0.3) is 0 Å². The molecule has 2 nitrogen and oxygen atoms in total. The second kappa shape index (κ2) is 4.54. The molecule has 0 saturated heterocycles. The molecule has 0 aromatic rings. The molecule has 0 saturated carbocycles. The maximum atomic E-state index is 11.3. The molecule has 1 rings (SSSR count). The Balaban J connectivity index is 2.24. The van der Waals surface area contributed by atoms with Gasteiger partial charge in [-0.15, -0.1) is 6.58 Å². The molecule has 1 aliphatic rings. The third kappa shape index (κ3) is 2.38. The highest BCUT2D eigenvalue weighted by molar-refractivity contribution is 5.83. The van der Waals surface area contributed by atoms with Crippen molar-refractivity contribution in [3.63, 3.8) is 0 Å². The van der Waals surface area contributed by atoms with Crippen molar-refractivity contribution in [2.75, 3.05) is 6.54 Å². The van der Waals surface area contributed by atoms with Gasteiger partial charge in [0.15, 0.2) is 0 Å². The highest BCUT2D eigenvalue weighted by atomic mass is 16.1. The van der Waals surface area contributed by atoms with Gasteiger partial charge in [0.1, 0.15) is 0 Å². The van der Waals surface area contributed by atoms with E-state index in [1.54, 1.807) is 6.08 Å². The predicted molar refractivity (Wildman–Crippen MR) is 49.6 cm³/mol. The Morgan fingerprint density at radius 3 is 2.75 bits per heavy atom. The minimum absolute atomic E-state index is 0.0604. The van der Waals surface area contributed by atoms with E-state index in [4.69, 9.17) is 0 Å². The van der Waals surface area contributed by atoms with Gasteiger partial charge in [0, 0.05) is 6.54 Å². The van der Waals surface area contributed by atoms with Crippen molar-refractivity contribution in [2.24, 2.45) is 5.92 Å². The van der Waals surface area contributed by atoms with Crippen molar-refractivity contribution in [1.29, 1.82) is 0 Å². The number of amides is 1. The van der Waals surface area contributed by atoms with Gasteiger partial charge < -0.3 is 5.32 Å². The summed E-state index contributed by atoms with van der Waals surface area (Å²) in [5.74, 6) is 0.0108. The normalized spacial score (nSPS) is 15.0. The molecule has 0 unspecified atom stereocenters. The van der Waals surface area contributed by atoms with Crippen LogP contribution in [0.15, 0.2) is 37.0 Å². The summed E-state index contributed by atoms with van der Waals surface area (Å²) in [4.78, 5) is 11.3. The summed E-state index contributed by atoms with van der Waals surface area (Å²) in [5, 5.41) is 2.81. The van der Waals surface area contributed by atoms with Crippen LogP contribution in [0.4, 0.5) is 0 Å². The molecule has 1 aliphatic carbocycles. The van der Waals surface area contributed by atoms with Crippen molar-refractivity contribution >= 4 is 5.91 Å². The highest BCUT2D eigenvalue weighted by Crippen LogP contribution is 2.07. The van der Waals surface area contributed by atoms with Crippen LogP contribution in [0.1, 0.15) is 6.42 Å². The lowest BCUT2D eigenvalue weighted by Gasteiger charge is -2.05. The molecule has 2 heteroatoms. The van der Waals surface area contributed by atoms with Crippen molar-refractivity contribution < 1.29 is 4.79 Å². The number of allylic oxidation sites excluding steroid dienone is 2. The van der Waals surface area contributed by atoms with Gasteiger partial charge in [-0.1, -0.05) is 30.4 Å². The van der Waals surface area contributed by atoms with Crippen LogP contribution >= 0.6 is 0 Å². The summed E-state index contributed by atoms with van der Waals surface area (Å²) in [7, 11) is 0. The minimum Gasteiger partial charge on any atom is -0.355 e. The largest absolute Gasteiger partial charge is 0.355 e. The first-order valence-electron chi connectivity index (χ1n) is 4.08. The van der Waals surface area contributed by atoms with E-state index in [2.05, 4.69) is 11.9 Å². The zero-order chi connectivity index (χ0) is 8.81. The number of carbonyl (C=O) groups is 1. The Morgan fingerprint density at radius 2 is 2.17 bits per heavy atom. The summed E-state index contributed by atoms with van der Waals surface area (Å²) >= 11 is 0. The summed E-state index contributed by atoms with van der Waals surface area (Å²) in [6, 6.07) is 0. The molecule has 0 atom stereocenters. The number of carbonyl (C=O) groups excluding carboxylic acids is 1. The first kappa shape index (κ1) is 8.78. The SMILES string of the molecule is C=CCCNC(=O)C1C=CC=C1.